The van der Waals surface area contributed by atoms with Crippen molar-refractivity contribution in [2.24, 2.45) is 0 Å². The van der Waals surface area contributed by atoms with Gasteiger partial charge in [-0.1, -0.05) is 35.3 Å². The van der Waals surface area contributed by atoms with Gasteiger partial charge in [-0.25, -0.2) is 0 Å². The molecule has 2 heterocycles. The molecule has 1 unspecified atom stereocenters. The van der Waals surface area contributed by atoms with Crippen LogP contribution in [0, 0.1) is 0 Å². The van der Waals surface area contributed by atoms with Gasteiger partial charge in [-0.2, -0.15) is 0 Å². The van der Waals surface area contributed by atoms with Crippen molar-refractivity contribution in [3.05, 3.63) is 57.8 Å². The SMILES string of the molecule is Cl.O=C(c1cc(Cl)c[nH]1)N1CCNCC1c1cccc(Cl)c1. The van der Waals surface area contributed by atoms with Crippen LogP contribution in [0.5, 0.6) is 0 Å². The number of carbonyl (C=O) groups excluding carboxylic acids is 1. The van der Waals surface area contributed by atoms with E-state index in [2.05, 4.69) is 10.3 Å². The molecule has 1 amide bonds. The molecule has 1 saturated heterocycles. The van der Waals surface area contributed by atoms with Crippen LogP contribution in [-0.4, -0.2) is 35.4 Å². The van der Waals surface area contributed by atoms with E-state index >= 15 is 0 Å². The molecule has 1 aliphatic rings. The summed E-state index contributed by atoms with van der Waals surface area (Å²) in [4.78, 5) is 17.4. The molecule has 2 aromatic rings. The monoisotopic (exact) mass is 359 g/mol. The second-order valence-electron chi connectivity index (χ2n) is 5.01. The molecule has 1 aromatic heterocycles. The third kappa shape index (κ3) is 3.58. The highest BCUT2D eigenvalue weighted by atomic mass is 35.5. The Balaban J connectivity index is 0.00000176. The fourth-order valence-electron chi connectivity index (χ4n) is 2.61. The van der Waals surface area contributed by atoms with Gasteiger partial charge in [-0.05, 0) is 23.8 Å². The summed E-state index contributed by atoms with van der Waals surface area (Å²) < 4.78 is 0. The second-order valence-corrected chi connectivity index (χ2v) is 5.88. The quantitative estimate of drug-likeness (QED) is 0.860. The molecule has 118 valence electrons. The molecule has 0 spiro atoms. The molecule has 1 fully saturated rings. The van der Waals surface area contributed by atoms with Crippen molar-refractivity contribution in [3.8, 4) is 0 Å². The van der Waals surface area contributed by atoms with Gasteiger partial charge in [0.25, 0.3) is 5.91 Å². The Morgan fingerprint density at radius 3 is 2.73 bits per heavy atom. The maximum absolute atomic E-state index is 12.7. The van der Waals surface area contributed by atoms with E-state index in [0.717, 1.165) is 12.1 Å². The predicted octanol–water partition coefficient (Wildman–Crippen LogP) is 3.53. The number of piperazine rings is 1. The zero-order chi connectivity index (χ0) is 14.8. The van der Waals surface area contributed by atoms with Gasteiger partial charge in [0.1, 0.15) is 5.69 Å². The highest BCUT2D eigenvalue weighted by molar-refractivity contribution is 6.31. The van der Waals surface area contributed by atoms with Crippen molar-refractivity contribution in [2.45, 2.75) is 6.04 Å². The Morgan fingerprint density at radius 1 is 1.23 bits per heavy atom. The number of nitrogens with zero attached hydrogens (tertiary/aromatic N) is 1. The average molecular weight is 361 g/mol. The number of halogens is 3. The minimum absolute atomic E-state index is 0. The molecule has 2 N–H and O–H groups in total. The summed E-state index contributed by atoms with van der Waals surface area (Å²) in [5, 5.41) is 4.53. The fourth-order valence-corrected chi connectivity index (χ4v) is 2.97. The first-order chi connectivity index (χ1) is 10.1. The summed E-state index contributed by atoms with van der Waals surface area (Å²) in [6, 6.07) is 9.25. The van der Waals surface area contributed by atoms with Crippen molar-refractivity contribution >= 4 is 41.5 Å². The van der Waals surface area contributed by atoms with Crippen molar-refractivity contribution < 1.29 is 4.79 Å². The molecule has 0 aliphatic carbocycles. The molecule has 0 radical (unpaired) electrons. The highest BCUT2D eigenvalue weighted by Crippen LogP contribution is 2.26. The normalized spacial score (nSPS) is 17.9. The first-order valence-corrected chi connectivity index (χ1v) is 7.52. The summed E-state index contributed by atoms with van der Waals surface area (Å²) >= 11 is 12.0. The standard InChI is InChI=1S/C15H15Cl2N3O.ClH/c16-11-3-1-2-10(6-11)14-9-18-4-5-20(14)15(21)13-7-12(17)8-19-13;/h1-3,6-8,14,18-19H,4-5,9H2;1H. The number of aromatic nitrogens is 1. The molecule has 0 bridgehead atoms. The van der Waals surface area contributed by atoms with Crippen molar-refractivity contribution in [1.29, 1.82) is 0 Å². The van der Waals surface area contributed by atoms with E-state index < -0.39 is 0 Å². The molecule has 7 heteroatoms. The van der Waals surface area contributed by atoms with Crippen LogP contribution in [-0.2, 0) is 0 Å². The first-order valence-electron chi connectivity index (χ1n) is 6.76. The van der Waals surface area contributed by atoms with E-state index in [9.17, 15) is 4.79 Å². The number of aromatic amines is 1. The average Bonchev–Trinajstić information content (AvgIpc) is 2.93. The molecule has 1 aliphatic heterocycles. The molecule has 0 saturated carbocycles. The fraction of sp³-hybridized carbons (Fsp3) is 0.267. The Bertz CT molecular complexity index is 659. The van der Waals surface area contributed by atoms with Crippen LogP contribution < -0.4 is 5.32 Å². The van der Waals surface area contributed by atoms with E-state index in [4.69, 9.17) is 23.2 Å². The lowest BCUT2D eigenvalue weighted by atomic mass is 10.0. The number of hydrogen-bond acceptors (Lipinski definition) is 2. The lowest BCUT2D eigenvalue weighted by Crippen LogP contribution is -2.48. The third-order valence-corrected chi connectivity index (χ3v) is 4.07. The van der Waals surface area contributed by atoms with Gasteiger partial charge < -0.3 is 15.2 Å². The molecule has 3 rings (SSSR count). The second kappa shape index (κ2) is 7.38. The predicted molar refractivity (Wildman–Crippen MR) is 91.1 cm³/mol. The summed E-state index contributed by atoms with van der Waals surface area (Å²) in [7, 11) is 0. The smallest absolute Gasteiger partial charge is 0.270 e. The maximum Gasteiger partial charge on any atom is 0.270 e. The molecule has 22 heavy (non-hydrogen) atoms. The maximum atomic E-state index is 12.7. The van der Waals surface area contributed by atoms with Gasteiger partial charge in [-0.15, -0.1) is 12.4 Å². The van der Waals surface area contributed by atoms with Crippen LogP contribution in [0.25, 0.3) is 0 Å². The highest BCUT2D eigenvalue weighted by Gasteiger charge is 2.29. The van der Waals surface area contributed by atoms with Gasteiger partial charge in [0.2, 0.25) is 0 Å². The molecular formula is C15H16Cl3N3O. The molecule has 1 aromatic carbocycles. The van der Waals surface area contributed by atoms with Gasteiger partial charge in [0, 0.05) is 30.9 Å². The lowest BCUT2D eigenvalue weighted by molar-refractivity contribution is 0.0629. The topological polar surface area (TPSA) is 48.1 Å². The summed E-state index contributed by atoms with van der Waals surface area (Å²) in [6.07, 6.45) is 1.62. The largest absolute Gasteiger partial charge is 0.356 e. The van der Waals surface area contributed by atoms with E-state index in [1.165, 1.54) is 0 Å². The van der Waals surface area contributed by atoms with Crippen LogP contribution in [0.4, 0.5) is 0 Å². The summed E-state index contributed by atoms with van der Waals surface area (Å²) in [6.45, 7) is 2.13. The Morgan fingerprint density at radius 2 is 2.05 bits per heavy atom. The Labute approximate surface area is 145 Å². The number of hydrogen-bond donors (Lipinski definition) is 2. The number of rotatable bonds is 2. The van der Waals surface area contributed by atoms with Crippen LogP contribution in [0.2, 0.25) is 10.0 Å². The zero-order valence-electron chi connectivity index (χ0n) is 11.7. The molecule has 1 atom stereocenters. The van der Waals surface area contributed by atoms with Crippen molar-refractivity contribution in [2.75, 3.05) is 19.6 Å². The Hall–Kier alpha value is -1.20. The van der Waals surface area contributed by atoms with Gasteiger partial charge in [0.05, 0.1) is 11.1 Å². The van der Waals surface area contributed by atoms with Crippen LogP contribution in [0.15, 0.2) is 36.5 Å². The van der Waals surface area contributed by atoms with E-state index in [0.29, 0.717) is 28.8 Å². The van der Waals surface area contributed by atoms with Gasteiger partial charge in [-0.3, -0.25) is 4.79 Å². The zero-order valence-corrected chi connectivity index (χ0v) is 14.0. The number of amides is 1. The van der Waals surface area contributed by atoms with Crippen molar-refractivity contribution in [1.82, 2.24) is 15.2 Å². The molecular weight excluding hydrogens is 345 g/mol. The minimum Gasteiger partial charge on any atom is -0.356 e. The van der Waals surface area contributed by atoms with Crippen LogP contribution in [0.3, 0.4) is 0 Å². The number of H-pyrrole nitrogens is 1. The number of benzene rings is 1. The third-order valence-electron chi connectivity index (χ3n) is 3.62. The van der Waals surface area contributed by atoms with Crippen LogP contribution in [0.1, 0.15) is 22.1 Å². The lowest BCUT2D eigenvalue weighted by Gasteiger charge is -2.36. The van der Waals surface area contributed by atoms with E-state index in [-0.39, 0.29) is 24.4 Å². The minimum atomic E-state index is -0.0478. The van der Waals surface area contributed by atoms with E-state index in [1.54, 1.807) is 12.3 Å². The van der Waals surface area contributed by atoms with Gasteiger partial charge in [0.15, 0.2) is 0 Å². The van der Waals surface area contributed by atoms with Crippen LogP contribution >= 0.6 is 35.6 Å². The first kappa shape index (κ1) is 17.2. The summed E-state index contributed by atoms with van der Waals surface area (Å²) in [5.74, 6) is -0.0478. The number of nitrogens with one attached hydrogen (secondary N) is 2. The Kier molecular flexibility index (Phi) is 5.75. The number of carbonyl (C=O) groups is 1. The van der Waals surface area contributed by atoms with Crippen molar-refractivity contribution in [3.63, 3.8) is 0 Å². The van der Waals surface area contributed by atoms with E-state index in [1.807, 2.05) is 29.2 Å². The molecule has 4 nitrogen and oxygen atoms in total. The van der Waals surface area contributed by atoms with Gasteiger partial charge >= 0.3 is 0 Å². The summed E-state index contributed by atoms with van der Waals surface area (Å²) in [5.41, 5.74) is 1.54.